The molecule has 4 rings (SSSR count). The van der Waals surface area contributed by atoms with Gasteiger partial charge in [0.1, 0.15) is 11.5 Å². The second kappa shape index (κ2) is 13.7. The van der Waals surface area contributed by atoms with Crippen molar-refractivity contribution in [2.24, 2.45) is 0 Å². The summed E-state index contributed by atoms with van der Waals surface area (Å²) in [6.45, 7) is 0.510. The average molecular weight is 591 g/mol. The molecule has 1 radical (unpaired) electrons. The van der Waals surface area contributed by atoms with Crippen LogP contribution in [-0.2, 0) is 45.3 Å². The molecule has 2 heterocycles. The Morgan fingerprint density at radius 3 is 2.08 bits per heavy atom. The Bertz CT molecular complexity index is 1100. The predicted molar refractivity (Wildman–Crippen MR) is 115 cm³/mol. The number of aliphatic hydroxyl groups is 1. The Morgan fingerprint density at radius 2 is 1.56 bits per heavy atom. The molecule has 0 saturated carbocycles. The minimum Gasteiger partial charge on any atom is -0.457 e. The van der Waals surface area contributed by atoms with E-state index in [-0.39, 0.29) is 57.3 Å². The van der Waals surface area contributed by atoms with E-state index in [1.54, 1.807) is 41.3 Å². The molecule has 6 nitrogen and oxygen atoms in total. The fourth-order valence-electron chi connectivity index (χ4n) is 3.05. The van der Waals surface area contributed by atoms with Crippen LogP contribution in [0.3, 0.4) is 0 Å². The van der Waals surface area contributed by atoms with Gasteiger partial charge in [0.25, 0.3) is 0 Å². The molecular weight excluding hydrogens is 571 g/mol. The van der Waals surface area contributed by atoms with E-state index in [1.807, 2.05) is 0 Å². The van der Waals surface area contributed by atoms with Gasteiger partial charge in [0.05, 0.1) is 5.56 Å². The van der Waals surface area contributed by atoms with Crippen LogP contribution < -0.4 is 9.64 Å². The maximum atomic E-state index is 12.9. The number of nitrogens with zero attached hydrogens (tertiary/aromatic N) is 2. The van der Waals surface area contributed by atoms with Gasteiger partial charge in [-0.1, -0.05) is 12.3 Å². The summed E-state index contributed by atoms with van der Waals surface area (Å²) in [5.41, 5.74) is 0.630. The largest absolute Gasteiger partial charge is 0.519 e. The molecule has 0 bridgehead atoms. The number of hydrogen-bond acceptors (Lipinski definition) is 4. The summed E-state index contributed by atoms with van der Waals surface area (Å²) < 4.78 is 73.4. The number of pyridine rings is 1. The molecule has 0 aliphatic carbocycles. The zero-order valence-electron chi connectivity index (χ0n) is 18.7. The normalized spacial score (nSPS) is 12.5. The van der Waals surface area contributed by atoms with Crippen LogP contribution in [-0.4, -0.2) is 34.4 Å². The van der Waals surface area contributed by atoms with Crippen LogP contribution in [0.2, 0.25) is 0 Å². The van der Waals surface area contributed by atoms with Gasteiger partial charge in [0.15, 0.2) is 0 Å². The topological polar surface area (TPSA) is 94.2 Å². The Kier molecular flexibility index (Phi) is 12.7. The number of carbonyl (C=O) groups excluding carboxylic acids is 1. The SMILES string of the molecule is O.O=C1c2cc(Oc3ccc(C(F)(F)F)cc3)ccc2CCN1c1ccc[c-]n1.OC(F)(F)F.[CH3-].[Y]. The first-order valence-electron chi connectivity index (χ1n) is 9.34. The molecular formula is C23H20F6N2O4Y-2. The summed E-state index contributed by atoms with van der Waals surface area (Å²) in [6, 6.07) is 14.7. The van der Waals surface area contributed by atoms with E-state index in [0.29, 0.717) is 30.1 Å². The molecule has 1 aliphatic heterocycles. The van der Waals surface area contributed by atoms with Gasteiger partial charge < -0.3 is 32.6 Å². The smallest absolute Gasteiger partial charge is 0.457 e. The van der Waals surface area contributed by atoms with Crippen molar-refractivity contribution < 1.29 is 79.2 Å². The number of alkyl halides is 6. The third-order valence-electron chi connectivity index (χ3n) is 4.45. The fraction of sp³-hybridized carbons (Fsp3) is 0.174. The molecule has 1 aromatic heterocycles. The van der Waals surface area contributed by atoms with Crippen molar-refractivity contribution in [2.75, 3.05) is 11.4 Å². The minimum absolute atomic E-state index is 0. The molecule has 0 unspecified atom stereocenters. The maximum absolute atomic E-state index is 12.9. The molecule has 13 heteroatoms. The summed E-state index contributed by atoms with van der Waals surface area (Å²) in [5.74, 6) is 0.951. The van der Waals surface area contributed by atoms with Gasteiger partial charge in [-0.15, -0.1) is 19.2 Å². The zero-order valence-corrected chi connectivity index (χ0v) is 21.5. The van der Waals surface area contributed by atoms with Crippen LogP contribution in [0.25, 0.3) is 0 Å². The summed E-state index contributed by atoms with van der Waals surface area (Å²) in [7, 11) is 0. The quantitative estimate of drug-likeness (QED) is 0.342. The molecule has 0 atom stereocenters. The molecule has 1 aliphatic rings. The van der Waals surface area contributed by atoms with Crippen LogP contribution in [0.5, 0.6) is 11.5 Å². The van der Waals surface area contributed by atoms with Gasteiger partial charge in [0, 0.05) is 50.6 Å². The van der Waals surface area contributed by atoms with Crippen LogP contribution in [0.15, 0.2) is 60.7 Å². The van der Waals surface area contributed by atoms with Crippen LogP contribution in [0.4, 0.5) is 32.2 Å². The van der Waals surface area contributed by atoms with Gasteiger partial charge >= 0.3 is 12.5 Å². The molecule has 3 N–H and O–H groups in total. The van der Waals surface area contributed by atoms with E-state index in [1.165, 1.54) is 12.1 Å². The van der Waals surface area contributed by atoms with Crippen molar-refractivity contribution in [3.8, 4) is 11.5 Å². The summed E-state index contributed by atoms with van der Waals surface area (Å²) in [5, 5.41) is 6.52. The Hall–Kier alpha value is -2.54. The predicted octanol–water partition coefficient (Wildman–Crippen LogP) is 5.02. The van der Waals surface area contributed by atoms with Crippen molar-refractivity contribution in [1.82, 2.24) is 4.98 Å². The van der Waals surface area contributed by atoms with E-state index in [4.69, 9.17) is 9.84 Å². The second-order valence-corrected chi connectivity index (χ2v) is 6.74. The number of amides is 1. The number of anilines is 1. The Balaban J connectivity index is 0.00000140. The van der Waals surface area contributed by atoms with Crippen molar-refractivity contribution in [3.05, 3.63) is 91.0 Å². The number of aromatic nitrogens is 1. The minimum atomic E-state index is -5.00. The Labute approximate surface area is 228 Å². The molecule has 36 heavy (non-hydrogen) atoms. The Morgan fingerprint density at radius 1 is 0.972 bits per heavy atom. The van der Waals surface area contributed by atoms with E-state index in [9.17, 15) is 31.1 Å². The number of hydrogen-bond donors (Lipinski definition) is 1. The number of rotatable bonds is 3. The van der Waals surface area contributed by atoms with Crippen molar-refractivity contribution in [1.29, 1.82) is 0 Å². The van der Waals surface area contributed by atoms with Gasteiger partial charge in [-0.25, -0.2) is 0 Å². The van der Waals surface area contributed by atoms with Gasteiger partial charge in [0.2, 0.25) is 5.91 Å². The number of halogens is 6. The van der Waals surface area contributed by atoms with E-state index in [0.717, 1.165) is 17.7 Å². The van der Waals surface area contributed by atoms with Crippen molar-refractivity contribution >= 4 is 11.7 Å². The van der Waals surface area contributed by atoms with Crippen LogP contribution >= 0.6 is 0 Å². The zero-order chi connectivity index (χ0) is 24.2. The standard InChI is InChI=1S/C21H14F3N2O2.CHF3O.CH3.H2O.Y/c22-21(23,24)15-5-8-16(9-6-15)28-17-7-4-14-10-12-26(20(27)18(14)13-17)19-3-1-2-11-25-19;2-1(3,4)5;;;/h1-9,13H,10,12H2;5H;1H3;1H2;/q-1;;-1;;. The number of fused-ring (bicyclic) bond motifs is 1. The molecule has 0 fully saturated rings. The molecule has 0 spiro atoms. The van der Waals surface area contributed by atoms with E-state index >= 15 is 0 Å². The van der Waals surface area contributed by atoms with Crippen molar-refractivity contribution in [3.63, 3.8) is 0 Å². The molecule has 2 aromatic carbocycles. The van der Waals surface area contributed by atoms with Crippen LogP contribution in [0.1, 0.15) is 21.5 Å². The van der Waals surface area contributed by atoms with E-state index in [2.05, 4.69) is 11.2 Å². The number of ether oxygens (including phenoxy) is 1. The van der Waals surface area contributed by atoms with E-state index < -0.39 is 18.1 Å². The molecule has 193 valence electrons. The average Bonchev–Trinajstić information content (AvgIpc) is 2.74. The monoisotopic (exact) mass is 591 g/mol. The van der Waals surface area contributed by atoms with Gasteiger partial charge in [-0.2, -0.15) is 25.3 Å². The number of carbonyl (C=O) groups is 1. The summed E-state index contributed by atoms with van der Waals surface area (Å²) in [4.78, 5) is 18.5. The van der Waals surface area contributed by atoms with Gasteiger partial charge in [-0.05, 0) is 48.4 Å². The van der Waals surface area contributed by atoms with Crippen molar-refractivity contribution in [2.45, 2.75) is 19.0 Å². The first kappa shape index (κ1) is 33.5. The molecule has 3 aromatic rings. The first-order valence-corrected chi connectivity index (χ1v) is 9.34. The fourth-order valence-corrected chi connectivity index (χ4v) is 3.05. The third kappa shape index (κ3) is 9.49. The number of benzene rings is 2. The van der Waals surface area contributed by atoms with Crippen LogP contribution in [0, 0.1) is 13.6 Å². The second-order valence-electron chi connectivity index (χ2n) is 6.74. The summed E-state index contributed by atoms with van der Waals surface area (Å²) >= 11 is 0. The third-order valence-corrected chi connectivity index (χ3v) is 4.45. The maximum Gasteiger partial charge on any atom is 0.519 e. The first-order chi connectivity index (χ1) is 15.4. The molecule has 0 saturated heterocycles. The van der Waals surface area contributed by atoms with Gasteiger partial charge in [-0.3, -0.25) is 4.79 Å². The summed E-state index contributed by atoms with van der Waals surface area (Å²) in [6.07, 6.45) is -6.02. The molecule has 1 amide bonds.